The Bertz CT molecular complexity index is 1080. The molecule has 0 aliphatic heterocycles. The molecule has 3 aromatic rings. The highest BCUT2D eigenvalue weighted by molar-refractivity contribution is 5.92. The highest BCUT2D eigenvalue weighted by Crippen LogP contribution is 2.39. The second-order valence-electron chi connectivity index (χ2n) is 8.02. The van der Waals surface area contributed by atoms with Gasteiger partial charge in [-0.3, -0.25) is 14.3 Å². The molecule has 174 valence electrons. The molecule has 0 radical (unpaired) electrons. The summed E-state index contributed by atoms with van der Waals surface area (Å²) in [5.74, 6) is -0.0640. The van der Waals surface area contributed by atoms with Crippen molar-refractivity contribution in [1.82, 2.24) is 30.6 Å². The number of nitrogens with one attached hydrogen (secondary N) is 2. The molecule has 10 heteroatoms. The largest absolute Gasteiger partial charge is 0.383 e. The van der Waals surface area contributed by atoms with Gasteiger partial charge in [0.1, 0.15) is 5.69 Å². The lowest BCUT2D eigenvalue weighted by Crippen LogP contribution is -2.38. The molecule has 0 spiro atoms. The quantitative estimate of drug-likeness (QED) is 0.476. The number of amides is 2. The summed E-state index contributed by atoms with van der Waals surface area (Å²) in [6.45, 7) is 3.49. The summed E-state index contributed by atoms with van der Waals surface area (Å²) in [6.07, 6.45) is 2.72. The number of hydrogen-bond acceptors (Lipinski definition) is 7. The Balaban J connectivity index is 1.53. The number of rotatable bonds is 9. The minimum Gasteiger partial charge on any atom is -0.383 e. The van der Waals surface area contributed by atoms with Crippen LogP contribution in [0.5, 0.6) is 0 Å². The average molecular weight is 453 g/mol. The smallest absolute Gasteiger partial charge is 0.272 e. The van der Waals surface area contributed by atoms with Gasteiger partial charge < -0.3 is 19.9 Å². The first kappa shape index (κ1) is 22.7. The van der Waals surface area contributed by atoms with Crippen LogP contribution in [0.15, 0.2) is 47.1 Å². The van der Waals surface area contributed by atoms with E-state index in [1.165, 1.54) is 0 Å². The van der Waals surface area contributed by atoms with Gasteiger partial charge in [0.2, 0.25) is 17.6 Å². The van der Waals surface area contributed by atoms with Crippen LogP contribution in [0.4, 0.5) is 0 Å². The van der Waals surface area contributed by atoms with Crippen LogP contribution >= 0.6 is 0 Å². The molecular formula is C23H28N6O4. The van der Waals surface area contributed by atoms with Crippen LogP contribution in [0.3, 0.4) is 0 Å². The summed E-state index contributed by atoms with van der Waals surface area (Å²) in [5.41, 5.74) is 1.17. The second kappa shape index (κ2) is 10.4. The Morgan fingerprint density at radius 2 is 2.03 bits per heavy atom. The van der Waals surface area contributed by atoms with Gasteiger partial charge in [0.05, 0.1) is 12.5 Å². The molecular weight excluding hydrogens is 424 g/mol. The van der Waals surface area contributed by atoms with Crippen LogP contribution in [0.1, 0.15) is 42.1 Å². The third kappa shape index (κ3) is 5.28. The Hall–Kier alpha value is -3.53. The van der Waals surface area contributed by atoms with Crippen LogP contribution in [-0.2, 0) is 16.1 Å². The number of aromatic nitrogens is 4. The zero-order valence-electron chi connectivity index (χ0n) is 18.7. The van der Waals surface area contributed by atoms with Gasteiger partial charge in [-0.2, -0.15) is 10.1 Å². The van der Waals surface area contributed by atoms with E-state index < -0.39 is 0 Å². The fraction of sp³-hybridized carbons (Fsp3) is 0.435. The maximum absolute atomic E-state index is 12.9. The normalized spacial score (nSPS) is 20.0. The minimum atomic E-state index is -0.341. The Morgan fingerprint density at radius 1 is 1.21 bits per heavy atom. The topological polar surface area (TPSA) is 124 Å². The number of hydrogen-bond donors (Lipinski definition) is 2. The van der Waals surface area contributed by atoms with Crippen LogP contribution in [0.2, 0.25) is 0 Å². The van der Waals surface area contributed by atoms with E-state index in [0.29, 0.717) is 49.9 Å². The van der Waals surface area contributed by atoms with Gasteiger partial charge >= 0.3 is 0 Å². The number of aryl methyl sites for hydroxylation is 1. The summed E-state index contributed by atoms with van der Waals surface area (Å²) < 4.78 is 12.3. The Kier molecular flexibility index (Phi) is 7.13. The van der Waals surface area contributed by atoms with E-state index in [1.54, 1.807) is 24.1 Å². The molecule has 0 unspecified atom stereocenters. The second-order valence-corrected chi connectivity index (χ2v) is 8.02. The number of carbonyl (C=O) groups is 2. The minimum absolute atomic E-state index is 0.0770. The van der Waals surface area contributed by atoms with Crippen molar-refractivity contribution in [2.45, 2.75) is 38.3 Å². The van der Waals surface area contributed by atoms with Crippen molar-refractivity contribution in [3.05, 3.63) is 54.2 Å². The van der Waals surface area contributed by atoms with E-state index in [9.17, 15) is 9.59 Å². The zero-order chi connectivity index (χ0) is 23.2. The molecule has 4 rings (SSSR count). The van der Waals surface area contributed by atoms with Crippen molar-refractivity contribution >= 4 is 11.8 Å². The third-order valence-electron chi connectivity index (χ3n) is 5.84. The first-order valence-corrected chi connectivity index (χ1v) is 11.1. The molecule has 0 saturated heterocycles. The molecule has 1 fully saturated rings. The molecule has 1 aliphatic rings. The lowest BCUT2D eigenvalue weighted by molar-refractivity contribution is -0.125. The molecule has 2 amide bonds. The van der Waals surface area contributed by atoms with Crippen LogP contribution in [0, 0.1) is 5.92 Å². The predicted octanol–water partition coefficient (Wildman–Crippen LogP) is 2.01. The van der Waals surface area contributed by atoms with E-state index in [1.807, 2.05) is 37.3 Å². The summed E-state index contributed by atoms with van der Waals surface area (Å²) in [7, 11) is 1.59. The van der Waals surface area contributed by atoms with Gasteiger partial charge in [-0.05, 0) is 25.8 Å². The standard InChI is InChI=1S/C23H28N6O4/c1-3-29-11-9-18(27-29)22(31)25-19-14-16(21(30)24-10-12-32-2)13-17(19)23-26-20(28-33-23)15-7-5-4-6-8-15/h4-9,11,16-17,19H,3,10,12-14H2,1-2H3,(H,24,30)(H,25,31)/t16-,17-,19+/m1/s1. The van der Waals surface area contributed by atoms with Crippen molar-refractivity contribution in [3.63, 3.8) is 0 Å². The lowest BCUT2D eigenvalue weighted by Gasteiger charge is -2.17. The third-order valence-corrected chi connectivity index (χ3v) is 5.84. The van der Waals surface area contributed by atoms with Gasteiger partial charge in [0.25, 0.3) is 5.91 Å². The van der Waals surface area contributed by atoms with Gasteiger partial charge in [0.15, 0.2) is 0 Å². The molecule has 10 nitrogen and oxygen atoms in total. The highest BCUT2D eigenvalue weighted by atomic mass is 16.5. The van der Waals surface area contributed by atoms with E-state index in [4.69, 9.17) is 9.26 Å². The van der Waals surface area contributed by atoms with Gasteiger partial charge in [-0.25, -0.2) is 0 Å². The van der Waals surface area contributed by atoms with Crippen LogP contribution < -0.4 is 10.6 Å². The SMILES string of the molecule is CCn1ccc(C(=O)N[C@H]2C[C@H](C(=O)NCCOC)C[C@H]2c2nc(-c3ccccc3)no2)n1. The monoisotopic (exact) mass is 452 g/mol. The maximum Gasteiger partial charge on any atom is 0.272 e. The fourth-order valence-corrected chi connectivity index (χ4v) is 4.10. The van der Waals surface area contributed by atoms with Crippen molar-refractivity contribution in [2.24, 2.45) is 5.92 Å². The summed E-state index contributed by atoms with van der Waals surface area (Å²) in [4.78, 5) is 30.1. The zero-order valence-corrected chi connectivity index (χ0v) is 18.7. The number of benzene rings is 1. The Labute approximate surface area is 191 Å². The van der Waals surface area contributed by atoms with Gasteiger partial charge in [-0.15, -0.1) is 0 Å². The van der Waals surface area contributed by atoms with Gasteiger partial charge in [-0.1, -0.05) is 35.5 Å². The molecule has 3 atom stereocenters. The lowest BCUT2D eigenvalue weighted by atomic mass is 10.0. The average Bonchev–Trinajstić information content (AvgIpc) is 3.59. The van der Waals surface area contributed by atoms with E-state index in [2.05, 4.69) is 25.9 Å². The van der Waals surface area contributed by atoms with Crippen molar-refractivity contribution < 1.29 is 18.8 Å². The molecule has 0 bridgehead atoms. The first-order valence-electron chi connectivity index (χ1n) is 11.1. The summed E-state index contributed by atoms with van der Waals surface area (Å²) >= 11 is 0. The highest BCUT2D eigenvalue weighted by Gasteiger charge is 2.42. The summed E-state index contributed by atoms with van der Waals surface area (Å²) in [6, 6.07) is 10.9. The van der Waals surface area contributed by atoms with E-state index >= 15 is 0 Å². The number of nitrogens with zero attached hydrogens (tertiary/aromatic N) is 4. The predicted molar refractivity (Wildman–Crippen MR) is 119 cm³/mol. The summed E-state index contributed by atoms with van der Waals surface area (Å²) in [5, 5.41) is 14.3. The maximum atomic E-state index is 12.9. The van der Waals surface area contributed by atoms with E-state index in [-0.39, 0.29) is 29.7 Å². The molecule has 2 aromatic heterocycles. The Morgan fingerprint density at radius 3 is 2.76 bits per heavy atom. The van der Waals surface area contributed by atoms with Crippen molar-refractivity contribution in [2.75, 3.05) is 20.3 Å². The molecule has 1 saturated carbocycles. The van der Waals surface area contributed by atoms with Crippen LogP contribution in [-0.4, -0.2) is 58.0 Å². The van der Waals surface area contributed by atoms with Crippen molar-refractivity contribution in [3.8, 4) is 11.4 Å². The van der Waals surface area contributed by atoms with Crippen molar-refractivity contribution in [1.29, 1.82) is 0 Å². The molecule has 2 heterocycles. The molecule has 1 aliphatic carbocycles. The first-order chi connectivity index (χ1) is 16.1. The van der Waals surface area contributed by atoms with Crippen LogP contribution in [0.25, 0.3) is 11.4 Å². The number of ether oxygens (including phenoxy) is 1. The number of methoxy groups -OCH3 is 1. The molecule has 33 heavy (non-hydrogen) atoms. The van der Waals surface area contributed by atoms with Gasteiger partial charge in [0, 0.05) is 43.9 Å². The fourth-order valence-electron chi connectivity index (χ4n) is 4.10. The molecule has 1 aromatic carbocycles. The van der Waals surface area contributed by atoms with E-state index in [0.717, 1.165) is 5.56 Å². The number of carbonyl (C=O) groups excluding carboxylic acids is 2. The molecule has 2 N–H and O–H groups in total.